The summed E-state index contributed by atoms with van der Waals surface area (Å²) in [6.45, 7) is 1.88. The Kier molecular flexibility index (Phi) is 3.17. The predicted octanol–water partition coefficient (Wildman–Crippen LogP) is 2.61. The van der Waals surface area contributed by atoms with Gasteiger partial charge in [-0.1, -0.05) is 6.92 Å². The van der Waals surface area contributed by atoms with E-state index < -0.39 is 12.5 Å². The molecule has 1 rings (SSSR count). The van der Waals surface area contributed by atoms with E-state index in [4.69, 9.17) is 5.11 Å². The number of thiophene rings is 1. The third-order valence-corrected chi connectivity index (χ3v) is 2.70. The number of hydrogen-bond donors (Lipinski definition) is 1. The minimum atomic E-state index is -2.69. The average molecular weight is 192 g/mol. The van der Waals surface area contributed by atoms with Gasteiger partial charge in [-0.15, -0.1) is 11.3 Å². The smallest absolute Gasteiger partial charge is 0.269 e. The molecule has 0 spiro atoms. The van der Waals surface area contributed by atoms with Crippen LogP contribution in [0.15, 0.2) is 11.4 Å². The summed E-state index contributed by atoms with van der Waals surface area (Å²) in [5, 5.41) is 10.8. The Bertz CT molecular complexity index is 247. The van der Waals surface area contributed by atoms with E-state index in [1.165, 1.54) is 11.3 Å². The third kappa shape index (κ3) is 1.81. The Balaban J connectivity index is 2.86. The molecule has 1 aromatic heterocycles. The summed E-state index contributed by atoms with van der Waals surface area (Å²) in [5.41, 5.74) is 0.813. The topological polar surface area (TPSA) is 20.2 Å². The van der Waals surface area contributed by atoms with Gasteiger partial charge in [0.15, 0.2) is 0 Å². The minimum absolute atomic E-state index is 0.396. The van der Waals surface area contributed by atoms with Crippen molar-refractivity contribution in [3.05, 3.63) is 21.9 Å². The summed E-state index contributed by atoms with van der Waals surface area (Å²) < 4.78 is 24.1. The molecule has 0 saturated carbocycles. The number of aliphatic hydroxyl groups is 1. The molecule has 1 aromatic rings. The predicted molar refractivity (Wildman–Crippen MR) is 44.7 cm³/mol. The Morgan fingerprint density at radius 1 is 1.58 bits per heavy atom. The maximum absolute atomic E-state index is 12.1. The van der Waals surface area contributed by atoms with Gasteiger partial charge >= 0.3 is 0 Å². The summed E-state index contributed by atoms with van der Waals surface area (Å²) >= 11 is 1.18. The monoisotopic (exact) mass is 192 g/mol. The molecular formula is C8H10F2OS. The normalized spacial score (nSPS) is 13.8. The molecule has 0 bridgehead atoms. The van der Waals surface area contributed by atoms with Gasteiger partial charge in [-0.3, -0.25) is 0 Å². The number of aryl methyl sites for hydroxylation is 1. The van der Waals surface area contributed by atoms with Crippen LogP contribution in [0.5, 0.6) is 0 Å². The maximum Gasteiger partial charge on any atom is 0.269 e. The molecule has 1 unspecified atom stereocenters. The fourth-order valence-electron chi connectivity index (χ4n) is 1.01. The van der Waals surface area contributed by atoms with Gasteiger partial charge in [-0.2, -0.15) is 0 Å². The number of alkyl halides is 2. The number of hydrogen-bond acceptors (Lipinski definition) is 2. The third-order valence-electron chi connectivity index (χ3n) is 1.67. The van der Waals surface area contributed by atoms with E-state index in [0.717, 1.165) is 5.56 Å². The van der Waals surface area contributed by atoms with Crippen LogP contribution in [0.4, 0.5) is 8.78 Å². The molecule has 0 saturated heterocycles. The van der Waals surface area contributed by atoms with Crippen LogP contribution in [0.1, 0.15) is 23.5 Å². The fourth-order valence-corrected chi connectivity index (χ4v) is 2.00. The summed E-state index contributed by atoms with van der Waals surface area (Å²) in [5.74, 6) is 0. The summed E-state index contributed by atoms with van der Waals surface area (Å²) in [6, 6.07) is 1.77. The van der Waals surface area contributed by atoms with Gasteiger partial charge in [-0.05, 0) is 23.4 Å². The lowest BCUT2D eigenvalue weighted by Crippen LogP contribution is -2.07. The fraction of sp³-hybridized carbons (Fsp3) is 0.500. The van der Waals surface area contributed by atoms with E-state index >= 15 is 0 Å². The molecule has 1 nitrogen and oxygen atoms in total. The average Bonchev–Trinajstić information content (AvgIpc) is 2.49. The highest BCUT2D eigenvalue weighted by molar-refractivity contribution is 7.10. The lowest BCUT2D eigenvalue weighted by atomic mass is 10.1. The minimum Gasteiger partial charge on any atom is -0.382 e. The van der Waals surface area contributed by atoms with E-state index in [9.17, 15) is 8.78 Å². The zero-order chi connectivity index (χ0) is 9.14. The van der Waals surface area contributed by atoms with E-state index in [0.29, 0.717) is 11.3 Å². The highest BCUT2D eigenvalue weighted by Crippen LogP contribution is 2.28. The Morgan fingerprint density at radius 2 is 2.25 bits per heavy atom. The second kappa shape index (κ2) is 3.96. The van der Waals surface area contributed by atoms with Gasteiger partial charge in [-0.25, -0.2) is 8.78 Å². The molecule has 4 heteroatoms. The van der Waals surface area contributed by atoms with Crippen LogP contribution in [0.3, 0.4) is 0 Å². The van der Waals surface area contributed by atoms with E-state index in [-0.39, 0.29) is 0 Å². The van der Waals surface area contributed by atoms with Crippen molar-refractivity contribution >= 4 is 11.3 Å². The number of halogens is 2. The first kappa shape index (κ1) is 9.61. The van der Waals surface area contributed by atoms with E-state index in [2.05, 4.69) is 0 Å². The van der Waals surface area contributed by atoms with Crippen molar-refractivity contribution in [1.29, 1.82) is 0 Å². The highest BCUT2D eigenvalue weighted by atomic mass is 32.1. The van der Waals surface area contributed by atoms with Crippen molar-refractivity contribution < 1.29 is 13.9 Å². The van der Waals surface area contributed by atoms with Crippen LogP contribution in [0, 0.1) is 0 Å². The van der Waals surface area contributed by atoms with Crippen molar-refractivity contribution in [3.8, 4) is 0 Å². The lowest BCUT2D eigenvalue weighted by molar-refractivity contribution is -0.00411. The Labute approximate surface area is 73.7 Å². The largest absolute Gasteiger partial charge is 0.382 e. The second-order valence-corrected chi connectivity index (χ2v) is 3.39. The van der Waals surface area contributed by atoms with Gasteiger partial charge in [0.2, 0.25) is 0 Å². The molecule has 1 heterocycles. The summed E-state index contributed by atoms with van der Waals surface area (Å²) in [7, 11) is 0. The first-order valence-electron chi connectivity index (χ1n) is 3.69. The molecule has 12 heavy (non-hydrogen) atoms. The van der Waals surface area contributed by atoms with E-state index in [1.54, 1.807) is 11.4 Å². The molecule has 0 fully saturated rings. The molecule has 0 aliphatic heterocycles. The summed E-state index contributed by atoms with van der Waals surface area (Å²) in [4.78, 5) is 0.396. The van der Waals surface area contributed by atoms with Gasteiger partial charge in [0, 0.05) is 4.88 Å². The van der Waals surface area contributed by atoms with Gasteiger partial charge in [0.05, 0.1) is 0 Å². The zero-order valence-electron chi connectivity index (χ0n) is 6.63. The molecule has 0 radical (unpaired) electrons. The van der Waals surface area contributed by atoms with Crippen LogP contribution < -0.4 is 0 Å². The molecule has 68 valence electrons. The first-order chi connectivity index (χ1) is 5.66. The molecule has 0 aromatic carbocycles. The molecular weight excluding hydrogens is 182 g/mol. The van der Waals surface area contributed by atoms with Crippen molar-refractivity contribution in [2.75, 3.05) is 0 Å². The quantitative estimate of drug-likeness (QED) is 0.780. The number of rotatable bonds is 3. The van der Waals surface area contributed by atoms with Gasteiger partial charge in [0.1, 0.15) is 6.10 Å². The molecule has 0 amide bonds. The Hall–Kier alpha value is -0.480. The van der Waals surface area contributed by atoms with Gasteiger partial charge in [0.25, 0.3) is 6.43 Å². The number of aliphatic hydroxyl groups excluding tert-OH is 1. The van der Waals surface area contributed by atoms with Crippen LogP contribution in [-0.2, 0) is 6.42 Å². The van der Waals surface area contributed by atoms with Crippen molar-refractivity contribution in [2.24, 2.45) is 0 Å². The maximum atomic E-state index is 12.1. The van der Waals surface area contributed by atoms with Crippen molar-refractivity contribution in [2.45, 2.75) is 25.9 Å². The molecule has 1 N–H and O–H groups in total. The van der Waals surface area contributed by atoms with Crippen LogP contribution in [-0.4, -0.2) is 11.5 Å². The first-order valence-corrected chi connectivity index (χ1v) is 4.57. The second-order valence-electron chi connectivity index (χ2n) is 2.44. The Morgan fingerprint density at radius 3 is 2.75 bits per heavy atom. The van der Waals surface area contributed by atoms with E-state index in [1.807, 2.05) is 6.92 Å². The zero-order valence-corrected chi connectivity index (χ0v) is 7.44. The molecule has 1 atom stereocenters. The van der Waals surface area contributed by atoms with Crippen LogP contribution in [0.2, 0.25) is 0 Å². The highest BCUT2D eigenvalue weighted by Gasteiger charge is 2.22. The van der Waals surface area contributed by atoms with Gasteiger partial charge < -0.3 is 5.11 Å². The SMILES string of the molecule is CCc1ccsc1C(O)C(F)F. The molecule has 0 aliphatic rings. The molecule has 0 aliphatic carbocycles. The van der Waals surface area contributed by atoms with Crippen LogP contribution in [0.25, 0.3) is 0 Å². The van der Waals surface area contributed by atoms with Crippen molar-refractivity contribution in [3.63, 3.8) is 0 Å². The lowest BCUT2D eigenvalue weighted by Gasteiger charge is -2.08. The summed E-state index contributed by atoms with van der Waals surface area (Å²) in [6.07, 6.45) is -3.61. The van der Waals surface area contributed by atoms with Crippen molar-refractivity contribution in [1.82, 2.24) is 0 Å². The van der Waals surface area contributed by atoms with Crippen LogP contribution >= 0.6 is 11.3 Å². The standard InChI is InChI=1S/C8H10F2OS/c1-2-5-3-4-12-7(5)6(11)8(9)10/h3-4,6,8,11H,2H2,1H3.